The molecule has 3 atom stereocenters. The van der Waals surface area contributed by atoms with E-state index < -0.39 is 0 Å². The molecule has 2 amide bonds. The minimum atomic E-state index is 0.121. The van der Waals surface area contributed by atoms with Crippen molar-refractivity contribution in [2.24, 2.45) is 5.92 Å². The highest BCUT2D eigenvalue weighted by molar-refractivity contribution is 5.75. The smallest absolute Gasteiger partial charge is 0.317 e. The van der Waals surface area contributed by atoms with Gasteiger partial charge in [0.15, 0.2) is 0 Å². The summed E-state index contributed by atoms with van der Waals surface area (Å²) in [6.45, 7) is 7.10. The van der Waals surface area contributed by atoms with Crippen LogP contribution in [0.5, 0.6) is 0 Å². The van der Waals surface area contributed by atoms with Gasteiger partial charge in [-0.15, -0.1) is 0 Å². The highest BCUT2D eigenvalue weighted by Gasteiger charge is 2.42. The third-order valence-corrected chi connectivity index (χ3v) is 5.43. The zero-order valence-electron chi connectivity index (χ0n) is 14.7. The van der Waals surface area contributed by atoms with Crippen LogP contribution in [-0.4, -0.2) is 39.3 Å². The molecule has 0 radical (unpaired) electrons. The Kier molecular flexibility index (Phi) is 4.93. The second-order valence-electron chi connectivity index (χ2n) is 7.47. The Balaban J connectivity index is 1.50. The minimum absolute atomic E-state index is 0.121. The minimum Gasteiger partial charge on any atom is -0.338 e. The van der Waals surface area contributed by atoms with Crippen LogP contribution in [0.3, 0.4) is 0 Å². The highest BCUT2D eigenvalue weighted by Crippen LogP contribution is 2.39. The molecule has 1 saturated carbocycles. The number of urea groups is 1. The molecule has 128 valence electrons. The number of nitrogens with zero attached hydrogens (tertiary/aromatic N) is 3. The quantitative estimate of drug-likeness (QED) is 0.925. The monoisotopic (exact) mass is 318 g/mol. The molecule has 2 heterocycles. The lowest BCUT2D eigenvalue weighted by atomic mass is 9.85. The SMILES string of the molecule is CC(C)n1ccc(CCNC(=O)N2[C@H](C)C[C@H]3CCCC[C@H]32)n1. The predicted octanol–water partition coefficient (Wildman–Crippen LogP) is 3.37. The third kappa shape index (κ3) is 3.54. The molecule has 1 aliphatic heterocycles. The lowest BCUT2D eigenvalue weighted by Gasteiger charge is -2.33. The van der Waals surface area contributed by atoms with Crippen molar-refractivity contribution >= 4 is 6.03 Å². The normalized spacial score (nSPS) is 27.3. The van der Waals surface area contributed by atoms with Crippen molar-refractivity contribution in [2.75, 3.05) is 6.54 Å². The summed E-state index contributed by atoms with van der Waals surface area (Å²) in [7, 11) is 0. The van der Waals surface area contributed by atoms with Gasteiger partial charge in [0.25, 0.3) is 0 Å². The van der Waals surface area contributed by atoms with Gasteiger partial charge >= 0.3 is 6.03 Å². The van der Waals surface area contributed by atoms with Gasteiger partial charge in [-0.25, -0.2) is 4.79 Å². The van der Waals surface area contributed by atoms with Crippen molar-refractivity contribution in [1.82, 2.24) is 20.0 Å². The summed E-state index contributed by atoms with van der Waals surface area (Å²) in [5.41, 5.74) is 1.05. The van der Waals surface area contributed by atoms with Gasteiger partial charge in [0.05, 0.1) is 5.69 Å². The number of nitrogens with one attached hydrogen (secondary N) is 1. The molecule has 23 heavy (non-hydrogen) atoms. The molecule has 2 aliphatic rings. The van der Waals surface area contributed by atoms with Gasteiger partial charge < -0.3 is 10.2 Å². The Hall–Kier alpha value is -1.52. The first-order chi connectivity index (χ1) is 11.1. The molecule has 1 N–H and O–H groups in total. The molecular formula is C18H30N4O. The lowest BCUT2D eigenvalue weighted by molar-refractivity contribution is 0.156. The number of hydrogen-bond donors (Lipinski definition) is 1. The largest absolute Gasteiger partial charge is 0.338 e. The van der Waals surface area contributed by atoms with E-state index in [2.05, 4.69) is 36.1 Å². The Morgan fingerprint density at radius 3 is 2.91 bits per heavy atom. The van der Waals surface area contributed by atoms with Crippen LogP contribution >= 0.6 is 0 Å². The molecule has 0 bridgehead atoms. The van der Waals surface area contributed by atoms with E-state index in [9.17, 15) is 4.79 Å². The van der Waals surface area contributed by atoms with E-state index in [1.807, 2.05) is 16.9 Å². The first-order valence-electron chi connectivity index (χ1n) is 9.16. The number of hydrogen-bond acceptors (Lipinski definition) is 2. The van der Waals surface area contributed by atoms with Crippen LogP contribution in [0.1, 0.15) is 64.6 Å². The van der Waals surface area contributed by atoms with Crippen LogP contribution in [0.15, 0.2) is 12.3 Å². The highest BCUT2D eigenvalue weighted by atomic mass is 16.2. The molecule has 0 unspecified atom stereocenters. The molecule has 2 fully saturated rings. The maximum Gasteiger partial charge on any atom is 0.317 e. The number of carbonyl (C=O) groups is 1. The number of fused-ring (bicyclic) bond motifs is 1. The summed E-state index contributed by atoms with van der Waals surface area (Å²) in [6.07, 6.45) is 9.06. The summed E-state index contributed by atoms with van der Waals surface area (Å²) in [6, 6.07) is 3.39. The predicted molar refractivity (Wildman–Crippen MR) is 91.4 cm³/mol. The summed E-state index contributed by atoms with van der Waals surface area (Å²) in [4.78, 5) is 14.7. The fourth-order valence-electron chi connectivity index (χ4n) is 4.25. The van der Waals surface area contributed by atoms with Gasteiger partial charge in [-0.3, -0.25) is 4.68 Å². The van der Waals surface area contributed by atoms with Crippen molar-refractivity contribution in [3.05, 3.63) is 18.0 Å². The molecule has 0 aromatic carbocycles. The van der Waals surface area contributed by atoms with E-state index in [1.54, 1.807) is 0 Å². The standard InChI is InChI=1S/C18H30N4O/c1-13(2)21-11-9-16(20-21)8-10-19-18(23)22-14(3)12-15-6-4-5-7-17(15)22/h9,11,13-15,17H,4-8,10,12H2,1-3H3,(H,19,23)/t14-,15-,17-/m1/s1. The molecule has 3 rings (SSSR count). The van der Waals surface area contributed by atoms with Crippen LogP contribution in [0.25, 0.3) is 0 Å². The topological polar surface area (TPSA) is 50.2 Å². The van der Waals surface area contributed by atoms with Gasteiger partial charge in [0.2, 0.25) is 0 Å². The maximum absolute atomic E-state index is 12.6. The zero-order valence-corrected chi connectivity index (χ0v) is 14.7. The molecule has 1 aliphatic carbocycles. The number of amides is 2. The Morgan fingerprint density at radius 2 is 2.17 bits per heavy atom. The first-order valence-corrected chi connectivity index (χ1v) is 9.16. The fourth-order valence-corrected chi connectivity index (χ4v) is 4.25. The second kappa shape index (κ2) is 6.93. The molecule has 1 saturated heterocycles. The van der Waals surface area contributed by atoms with Gasteiger partial charge in [0.1, 0.15) is 0 Å². The van der Waals surface area contributed by atoms with Gasteiger partial charge in [-0.1, -0.05) is 12.8 Å². The summed E-state index contributed by atoms with van der Waals surface area (Å²) in [5.74, 6) is 0.728. The number of carbonyl (C=O) groups excluding carboxylic acids is 1. The van der Waals surface area contributed by atoms with Gasteiger partial charge in [-0.05, 0) is 52.0 Å². The molecule has 5 nitrogen and oxygen atoms in total. The Labute approximate surface area is 139 Å². The molecule has 1 aromatic rings. The molecular weight excluding hydrogens is 288 g/mol. The Bertz CT molecular complexity index is 539. The fraction of sp³-hybridized carbons (Fsp3) is 0.778. The number of rotatable bonds is 4. The van der Waals surface area contributed by atoms with Crippen molar-refractivity contribution in [3.63, 3.8) is 0 Å². The molecule has 1 aromatic heterocycles. The van der Waals surface area contributed by atoms with E-state index in [-0.39, 0.29) is 6.03 Å². The third-order valence-electron chi connectivity index (χ3n) is 5.43. The summed E-state index contributed by atoms with van der Waals surface area (Å²) < 4.78 is 1.96. The van der Waals surface area contributed by atoms with Crippen LogP contribution in [0.2, 0.25) is 0 Å². The van der Waals surface area contributed by atoms with Crippen molar-refractivity contribution in [2.45, 2.75) is 77.4 Å². The van der Waals surface area contributed by atoms with E-state index in [1.165, 1.54) is 32.1 Å². The van der Waals surface area contributed by atoms with Crippen molar-refractivity contribution in [1.29, 1.82) is 0 Å². The first kappa shape index (κ1) is 16.3. The second-order valence-corrected chi connectivity index (χ2v) is 7.47. The number of aromatic nitrogens is 2. The lowest BCUT2D eigenvalue weighted by Crippen LogP contribution is -2.48. The van der Waals surface area contributed by atoms with Crippen LogP contribution in [0, 0.1) is 5.92 Å². The Morgan fingerprint density at radius 1 is 1.39 bits per heavy atom. The van der Waals surface area contributed by atoms with Crippen LogP contribution < -0.4 is 5.32 Å². The molecule has 0 spiro atoms. The van der Waals surface area contributed by atoms with E-state index in [4.69, 9.17) is 0 Å². The maximum atomic E-state index is 12.6. The zero-order chi connectivity index (χ0) is 16.4. The van der Waals surface area contributed by atoms with E-state index in [0.29, 0.717) is 24.7 Å². The van der Waals surface area contributed by atoms with Crippen molar-refractivity contribution in [3.8, 4) is 0 Å². The van der Waals surface area contributed by atoms with Crippen LogP contribution in [0.4, 0.5) is 4.79 Å². The van der Waals surface area contributed by atoms with Gasteiger partial charge in [0, 0.05) is 37.3 Å². The molecule has 5 heteroatoms. The van der Waals surface area contributed by atoms with Gasteiger partial charge in [-0.2, -0.15) is 5.10 Å². The summed E-state index contributed by atoms with van der Waals surface area (Å²) in [5, 5.41) is 7.65. The summed E-state index contributed by atoms with van der Waals surface area (Å²) >= 11 is 0. The average Bonchev–Trinajstić information content (AvgIpc) is 3.10. The van der Waals surface area contributed by atoms with Crippen LogP contribution in [-0.2, 0) is 6.42 Å². The van der Waals surface area contributed by atoms with E-state index in [0.717, 1.165) is 18.0 Å². The number of likely N-dealkylation sites (tertiary alicyclic amines) is 1. The average molecular weight is 318 g/mol. The van der Waals surface area contributed by atoms with E-state index >= 15 is 0 Å². The van der Waals surface area contributed by atoms with Crippen molar-refractivity contribution < 1.29 is 4.79 Å².